The van der Waals surface area contributed by atoms with Crippen molar-refractivity contribution in [3.05, 3.63) is 65.5 Å². The van der Waals surface area contributed by atoms with Gasteiger partial charge in [-0.15, -0.1) is 0 Å². The molecule has 35 heavy (non-hydrogen) atoms. The van der Waals surface area contributed by atoms with Gasteiger partial charge in [0, 0.05) is 12.6 Å². The number of hydrogen-bond donors (Lipinski definition) is 1. The summed E-state index contributed by atoms with van der Waals surface area (Å²) >= 11 is 0. The molecule has 2 rings (SSSR count). The van der Waals surface area contributed by atoms with Gasteiger partial charge in [0.2, 0.25) is 21.8 Å². The van der Waals surface area contributed by atoms with E-state index in [9.17, 15) is 22.4 Å². The van der Waals surface area contributed by atoms with Crippen LogP contribution < -0.4 is 9.62 Å². The van der Waals surface area contributed by atoms with E-state index in [4.69, 9.17) is 0 Å². The van der Waals surface area contributed by atoms with E-state index < -0.39 is 34.3 Å². The number of rotatable bonds is 12. The Labute approximate surface area is 208 Å². The summed E-state index contributed by atoms with van der Waals surface area (Å²) in [6.07, 6.45) is 2.71. The lowest BCUT2D eigenvalue weighted by Crippen LogP contribution is -2.53. The van der Waals surface area contributed by atoms with E-state index in [0.717, 1.165) is 22.5 Å². The number of nitrogens with one attached hydrogen (secondary N) is 1. The molecule has 0 radical (unpaired) electrons. The van der Waals surface area contributed by atoms with E-state index in [1.54, 1.807) is 31.2 Å². The minimum Gasteiger partial charge on any atom is -0.352 e. The number of benzene rings is 2. The van der Waals surface area contributed by atoms with Gasteiger partial charge in [0.1, 0.15) is 18.4 Å². The Hall–Kier alpha value is -2.94. The van der Waals surface area contributed by atoms with Crippen LogP contribution in [0, 0.1) is 5.82 Å². The molecule has 0 saturated heterocycles. The van der Waals surface area contributed by atoms with Crippen molar-refractivity contribution >= 4 is 27.5 Å². The molecule has 1 N–H and O–H groups in total. The molecule has 0 spiro atoms. The average molecular weight is 506 g/mol. The maximum atomic E-state index is 13.7. The number of para-hydroxylation sites is 1. The first kappa shape index (κ1) is 28.3. The van der Waals surface area contributed by atoms with Crippen molar-refractivity contribution in [1.82, 2.24) is 10.2 Å². The fourth-order valence-electron chi connectivity index (χ4n) is 3.79. The standard InChI is InChI=1S/C26H36FN3O4S/c1-6-19(4)28-26(32)23(8-3)29(17-20-13-15-22(27)16-14-20)25(31)18-30(35(5,33)34)24-12-10-9-11-21(24)7-2/h9-16,19,23H,6-8,17-18H2,1-5H3,(H,28,32)/t19-,23-/m0/s1. The third-order valence-electron chi connectivity index (χ3n) is 5.97. The quantitative estimate of drug-likeness (QED) is 0.474. The van der Waals surface area contributed by atoms with Gasteiger partial charge in [0.15, 0.2) is 0 Å². The summed E-state index contributed by atoms with van der Waals surface area (Å²) in [4.78, 5) is 28.1. The SMILES string of the molecule is CCc1ccccc1N(CC(=O)N(Cc1ccc(F)cc1)[C@@H](CC)C(=O)N[C@@H](C)CC)S(C)(=O)=O. The minimum absolute atomic E-state index is 0.0403. The van der Waals surface area contributed by atoms with Crippen LogP contribution in [0.1, 0.15) is 51.7 Å². The van der Waals surface area contributed by atoms with Crippen molar-refractivity contribution in [2.75, 3.05) is 17.1 Å². The highest BCUT2D eigenvalue weighted by Crippen LogP contribution is 2.24. The maximum absolute atomic E-state index is 13.7. The van der Waals surface area contributed by atoms with Gasteiger partial charge < -0.3 is 10.2 Å². The fourth-order valence-corrected chi connectivity index (χ4v) is 4.68. The summed E-state index contributed by atoms with van der Waals surface area (Å²) in [5.41, 5.74) is 1.86. The first-order chi connectivity index (χ1) is 16.5. The van der Waals surface area contributed by atoms with E-state index in [1.807, 2.05) is 32.9 Å². The summed E-state index contributed by atoms with van der Waals surface area (Å²) in [5.74, 6) is -1.23. The first-order valence-electron chi connectivity index (χ1n) is 11.9. The van der Waals surface area contributed by atoms with Crippen LogP contribution in [0.3, 0.4) is 0 Å². The highest BCUT2D eigenvalue weighted by molar-refractivity contribution is 7.92. The third-order valence-corrected chi connectivity index (χ3v) is 7.10. The number of amides is 2. The predicted molar refractivity (Wildman–Crippen MR) is 137 cm³/mol. The minimum atomic E-state index is -3.80. The lowest BCUT2D eigenvalue weighted by molar-refractivity contribution is -0.140. The van der Waals surface area contributed by atoms with E-state index in [2.05, 4.69) is 5.32 Å². The molecule has 2 aromatic rings. The molecule has 7 nitrogen and oxygen atoms in total. The van der Waals surface area contributed by atoms with Crippen LogP contribution in [0.5, 0.6) is 0 Å². The smallest absolute Gasteiger partial charge is 0.244 e. The fraction of sp³-hybridized carbons (Fsp3) is 0.462. The molecule has 0 saturated carbocycles. The Bertz CT molecular complexity index is 1110. The number of hydrogen-bond acceptors (Lipinski definition) is 4. The average Bonchev–Trinajstić information content (AvgIpc) is 2.82. The molecule has 2 aromatic carbocycles. The molecule has 2 amide bonds. The molecule has 0 fully saturated rings. The number of anilines is 1. The monoisotopic (exact) mass is 505 g/mol. The largest absolute Gasteiger partial charge is 0.352 e. The molecule has 0 heterocycles. The van der Waals surface area contributed by atoms with Crippen LogP contribution in [0.25, 0.3) is 0 Å². The molecule has 2 atom stereocenters. The van der Waals surface area contributed by atoms with Crippen molar-refractivity contribution in [3.8, 4) is 0 Å². The van der Waals surface area contributed by atoms with Gasteiger partial charge in [-0.05, 0) is 55.5 Å². The van der Waals surface area contributed by atoms with Crippen molar-refractivity contribution in [3.63, 3.8) is 0 Å². The Morgan fingerprint density at radius 3 is 2.17 bits per heavy atom. The second kappa shape index (κ2) is 12.7. The maximum Gasteiger partial charge on any atom is 0.244 e. The van der Waals surface area contributed by atoms with Crippen molar-refractivity contribution in [2.45, 2.75) is 65.6 Å². The van der Waals surface area contributed by atoms with E-state index >= 15 is 0 Å². The summed E-state index contributed by atoms with van der Waals surface area (Å²) < 4.78 is 40.0. The van der Waals surface area contributed by atoms with Crippen LogP contribution in [-0.2, 0) is 32.6 Å². The number of carbonyl (C=O) groups is 2. The first-order valence-corrected chi connectivity index (χ1v) is 13.8. The van der Waals surface area contributed by atoms with Gasteiger partial charge in [-0.3, -0.25) is 13.9 Å². The lowest BCUT2D eigenvalue weighted by atomic mass is 10.1. The number of carbonyl (C=O) groups excluding carboxylic acids is 2. The molecule has 0 bridgehead atoms. The second-order valence-corrected chi connectivity index (χ2v) is 10.5. The summed E-state index contributed by atoms with van der Waals surface area (Å²) in [6, 6.07) is 11.8. The molecule has 0 aliphatic rings. The lowest BCUT2D eigenvalue weighted by Gasteiger charge is -2.33. The van der Waals surface area contributed by atoms with E-state index in [-0.39, 0.29) is 18.5 Å². The summed E-state index contributed by atoms with van der Waals surface area (Å²) in [7, 11) is -3.80. The van der Waals surface area contributed by atoms with Gasteiger partial charge in [-0.25, -0.2) is 12.8 Å². The Morgan fingerprint density at radius 1 is 1.00 bits per heavy atom. The van der Waals surface area contributed by atoms with Crippen LogP contribution in [0.15, 0.2) is 48.5 Å². The van der Waals surface area contributed by atoms with Gasteiger partial charge in [-0.2, -0.15) is 0 Å². The molecular weight excluding hydrogens is 469 g/mol. The van der Waals surface area contributed by atoms with Crippen LogP contribution >= 0.6 is 0 Å². The highest BCUT2D eigenvalue weighted by Gasteiger charge is 2.32. The van der Waals surface area contributed by atoms with E-state index in [0.29, 0.717) is 24.1 Å². The van der Waals surface area contributed by atoms with Crippen molar-refractivity contribution in [2.24, 2.45) is 0 Å². The number of nitrogens with zero attached hydrogens (tertiary/aromatic N) is 2. The highest BCUT2D eigenvalue weighted by atomic mass is 32.2. The molecule has 0 unspecified atom stereocenters. The van der Waals surface area contributed by atoms with Crippen LogP contribution in [-0.4, -0.2) is 50.0 Å². The zero-order valence-corrected chi connectivity index (χ0v) is 21.9. The number of aryl methyl sites for hydroxylation is 1. The van der Waals surface area contributed by atoms with Gasteiger partial charge in [-0.1, -0.05) is 51.1 Å². The van der Waals surface area contributed by atoms with Gasteiger partial charge >= 0.3 is 0 Å². The Morgan fingerprint density at radius 2 is 1.63 bits per heavy atom. The Balaban J connectivity index is 2.46. The normalized spacial score (nSPS) is 13.1. The molecule has 0 aromatic heterocycles. The van der Waals surface area contributed by atoms with Crippen molar-refractivity contribution < 1.29 is 22.4 Å². The number of sulfonamides is 1. The van der Waals surface area contributed by atoms with Crippen LogP contribution in [0.4, 0.5) is 10.1 Å². The Kier molecular flexibility index (Phi) is 10.2. The van der Waals surface area contributed by atoms with Gasteiger partial charge in [0.05, 0.1) is 11.9 Å². The number of halogens is 1. The molecule has 192 valence electrons. The summed E-state index contributed by atoms with van der Waals surface area (Å²) in [5, 5.41) is 2.92. The zero-order chi connectivity index (χ0) is 26.2. The third kappa shape index (κ3) is 7.78. The van der Waals surface area contributed by atoms with E-state index in [1.165, 1.54) is 17.0 Å². The molecule has 0 aliphatic heterocycles. The molecule has 0 aliphatic carbocycles. The van der Waals surface area contributed by atoms with Crippen LogP contribution in [0.2, 0.25) is 0 Å². The summed E-state index contributed by atoms with van der Waals surface area (Å²) in [6.45, 7) is 7.12. The predicted octanol–water partition coefficient (Wildman–Crippen LogP) is 3.88. The second-order valence-electron chi connectivity index (χ2n) is 8.64. The molecule has 9 heteroatoms. The van der Waals surface area contributed by atoms with Gasteiger partial charge in [0.25, 0.3) is 0 Å². The topological polar surface area (TPSA) is 86.8 Å². The zero-order valence-electron chi connectivity index (χ0n) is 21.1. The van der Waals surface area contributed by atoms with Crippen molar-refractivity contribution in [1.29, 1.82) is 0 Å². The molecular formula is C26H36FN3O4S.